The normalized spacial score (nSPS) is 19.5. The van der Waals surface area contributed by atoms with Crippen LogP contribution >= 0.6 is 0 Å². The van der Waals surface area contributed by atoms with Crippen LogP contribution in [0.1, 0.15) is 27.2 Å². The van der Waals surface area contributed by atoms with Gasteiger partial charge in [-0.15, -0.1) is 0 Å². The van der Waals surface area contributed by atoms with E-state index in [9.17, 15) is 9.59 Å². The summed E-state index contributed by atoms with van der Waals surface area (Å²) in [6.45, 7) is 0. The molecule has 0 fully saturated rings. The molecule has 6 heteroatoms. The monoisotopic (exact) mass is 356 g/mol. The Morgan fingerprint density at radius 1 is 1.04 bits per heavy atom. The molecule has 2 N–H and O–H groups in total. The molecular weight excluding hydrogens is 340 g/mol. The van der Waals surface area contributed by atoms with Gasteiger partial charge in [-0.05, 0) is 47.7 Å². The number of carbonyl (C=O) groups is 2. The predicted octanol–water partition coefficient (Wildman–Crippen LogP) is 3.02. The number of nitrogens with one attached hydrogen (secondary N) is 2. The van der Waals surface area contributed by atoms with Crippen LogP contribution in [0.2, 0.25) is 0 Å². The van der Waals surface area contributed by atoms with Crippen LogP contribution in [0.15, 0.2) is 54.9 Å². The molecule has 0 saturated heterocycles. The molecule has 3 aromatic rings. The van der Waals surface area contributed by atoms with Crippen LogP contribution in [-0.4, -0.2) is 22.2 Å². The average Bonchev–Trinajstić information content (AvgIpc) is 3.20. The molecule has 1 amide bonds. The lowest BCUT2D eigenvalue weighted by atomic mass is 9.79. The maximum atomic E-state index is 12.8. The molecule has 0 radical (unpaired) electrons. The second-order valence-electron chi connectivity index (χ2n) is 6.99. The van der Waals surface area contributed by atoms with Crippen LogP contribution in [0, 0.1) is 0 Å². The highest BCUT2D eigenvalue weighted by Gasteiger charge is 2.50. The first-order valence-electron chi connectivity index (χ1n) is 8.75. The summed E-state index contributed by atoms with van der Waals surface area (Å²) in [5.74, 6) is 0.629. The van der Waals surface area contributed by atoms with Gasteiger partial charge in [-0.1, -0.05) is 24.3 Å². The van der Waals surface area contributed by atoms with Crippen molar-refractivity contribution in [3.8, 4) is 0 Å². The maximum Gasteiger partial charge on any atom is 0.235 e. The van der Waals surface area contributed by atoms with E-state index in [0.29, 0.717) is 30.6 Å². The lowest BCUT2D eigenvalue weighted by molar-refractivity contribution is -0.120. The number of nitrogens with zero attached hydrogens (tertiary/aromatic N) is 2. The van der Waals surface area contributed by atoms with E-state index in [-0.39, 0.29) is 5.91 Å². The van der Waals surface area contributed by atoms with Gasteiger partial charge in [0.25, 0.3) is 0 Å². The zero-order valence-electron chi connectivity index (χ0n) is 14.4. The fourth-order valence-corrected chi connectivity index (χ4v) is 4.13. The molecule has 0 bridgehead atoms. The zero-order valence-corrected chi connectivity index (χ0v) is 14.4. The molecule has 132 valence electrons. The van der Waals surface area contributed by atoms with Crippen LogP contribution in [0.3, 0.4) is 0 Å². The van der Waals surface area contributed by atoms with Gasteiger partial charge in [-0.25, -0.2) is 9.97 Å². The van der Waals surface area contributed by atoms with E-state index in [1.165, 1.54) is 11.9 Å². The van der Waals surface area contributed by atoms with E-state index in [4.69, 9.17) is 0 Å². The van der Waals surface area contributed by atoms with Gasteiger partial charge < -0.3 is 10.6 Å². The zero-order chi connectivity index (χ0) is 18.4. The molecule has 1 aliphatic heterocycles. The number of hydrogen-bond donors (Lipinski definition) is 2. The Labute approximate surface area is 155 Å². The van der Waals surface area contributed by atoms with Crippen LogP contribution < -0.4 is 10.6 Å². The second kappa shape index (κ2) is 5.74. The summed E-state index contributed by atoms with van der Waals surface area (Å²) in [7, 11) is 0. The van der Waals surface area contributed by atoms with E-state index < -0.39 is 5.41 Å². The number of amides is 1. The minimum atomic E-state index is -0.517. The van der Waals surface area contributed by atoms with Gasteiger partial charge in [0.2, 0.25) is 5.91 Å². The van der Waals surface area contributed by atoms with Gasteiger partial charge in [-0.2, -0.15) is 0 Å². The first kappa shape index (κ1) is 15.7. The number of fused-ring (bicyclic) bond motifs is 3. The maximum absolute atomic E-state index is 12.8. The number of anilines is 3. The third kappa shape index (κ3) is 2.41. The van der Waals surface area contributed by atoms with E-state index in [1.54, 1.807) is 6.07 Å². The number of rotatable bonds is 3. The molecule has 1 spiro atoms. The highest BCUT2D eigenvalue weighted by molar-refractivity contribution is 6.07. The molecular formula is C21H16N4O2. The minimum Gasteiger partial charge on any atom is -0.340 e. The molecule has 2 aromatic carbocycles. The number of benzene rings is 2. The molecule has 27 heavy (non-hydrogen) atoms. The van der Waals surface area contributed by atoms with Crippen LogP contribution in [-0.2, 0) is 23.1 Å². The van der Waals surface area contributed by atoms with Gasteiger partial charge in [-0.3, -0.25) is 9.59 Å². The molecule has 1 unspecified atom stereocenters. The molecule has 2 aliphatic rings. The SMILES string of the molecule is O=Cc1cc(Nc2ccc3c(c2)CC2(C3)C(=O)Nc3ccccc32)ncn1. The number of aromatic nitrogens is 2. The predicted molar refractivity (Wildman–Crippen MR) is 101 cm³/mol. The summed E-state index contributed by atoms with van der Waals surface area (Å²) in [5.41, 5.74) is 5.00. The van der Waals surface area contributed by atoms with E-state index in [1.807, 2.05) is 30.3 Å². The van der Waals surface area contributed by atoms with Crippen LogP contribution in [0.4, 0.5) is 17.2 Å². The third-order valence-electron chi connectivity index (χ3n) is 5.40. The molecule has 1 aliphatic carbocycles. The van der Waals surface area contributed by atoms with E-state index in [2.05, 4.69) is 32.7 Å². The average molecular weight is 356 g/mol. The summed E-state index contributed by atoms with van der Waals surface area (Å²) in [6, 6.07) is 15.6. The summed E-state index contributed by atoms with van der Waals surface area (Å²) >= 11 is 0. The fourth-order valence-electron chi connectivity index (χ4n) is 4.13. The second-order valence-corrected chi connectivity index (χ2v) is 6.99. The molecule has 2 heterocycles. The highest BCUT2D eigenvalue weighted by Crippen LogP contribution is 2.47. The highest BCUT2D eigenvalue weighted by atomic mass is 16.2. The van der Waals surface area contributed by atoms with Crippen molar-refractivity contribution in [2.24, 2.45) is 0 Å². The van der Waals surface area contributed by atoms with Crippen molar-refractivity contribution in [3.63, 3.8) is 0 Å². The largest absolute Gasteiger partial charge is 0.340 e. The van der Waals surface area contributed by atoms with Crippen molar-refractivity contribution in [3.05, 3.63) is 77.2 Å². The molecule has 5 rings (SSSR count). The Morgan fingerprint density at radius 3 is 2.78 bits per heavy atom. The summed E-state index contributed by atoms with van der Waals surface area (Å²) in [6.07, 6.45) is 3.42. The number of aldehydes is 1. The van der Waals surface area contributed by atoms with E-state index in [0.717, 1.165) is 22.5 Å². The Bertz CT molecular complexity index is 1100. The smallest absolute Gasteiger partial charge is 0.235 e. The van der Waals surface area contributed by atoms with Crippen molar-refractivity contribution < 1.29 is 9.59 Å². The van der Waals surface area contributed by atoms with Crippen LogP contribution in [0.25, 0.3) is 0 Å². The Morgan fingerprint density at radius 2 is 1.89 bits per heavy atom. The first-order chi connectivity index (χ1) is 13.2. The Balaban J connectivity index is 1.47. The Kier molecular flexibility index (Phi) is 3.33. The van der Waals surface area contributed by atoms with Crippen molar-refractivity contribution in [1.29, 1.82) is 0 Å². The van der Waals surface area contributed by atoms with Gasteiger partial charge >= 0.3 is 0 Å². The summed E-state index contributed by atoms with van der Waals surface area (Å²) < 4.78 is 0. The van der Waals surface area contributed by atoms with Gasteiger partial charge in [0.05, 0.1) is 5.41 Å². The van der Waals surface area contributed by atoms with Crippen LogP contribution in [0.5, 0.6) is 0 Å². The quantitative estimate of drug-likeness (QED) is 0.705. The van der Waals surface area contributed by atoms with Crippen molar-refractivity contribution in [1.82, 2.24) is 9.97 Å². The van der Waals surface area contributed by atoms with Crippen molar-refractivity contribution in [2.75, 3.05) is 10.6 Å². The number of para-hydroxylation sites is 1. The van der Waals surface area contributed by atoms with Gasteiger partial charge in [0.1, 0.15) is 17.8 Å². The van der Waals surface area contributed by atoms with Crippen molar-refractivity contribution >= 4 is 29.4 Å². The molecule has 0 saturated carbocycles. The van der Waals surface area contributed by atoms with Crippen molar-refractivity contribution in [2.45, 2.75) is 18.3 Å². The lowest BCUT2D eigenvalue weighted by Gasteiger charge is -2.20. The minimum absolute atomic E-state index is 0.0702. The fraction of sp³-hybridized carbons (Fsp3) is 0.143. The standard InChI is InChI=1S/C21H16N4O2/c26-11-16-8-19(23-12-22-16)24-15-6-5-13-9-21(10-14(13)7-15)17-3-1-2-4-18(17)25-20(21)27/h1-8,11-12H,9-10H2,(H,25,27)(H,22,23,24). The summed E-state index contributed by atoms with van der Waals surface area (Å²) in [4.78, 5) is 31.7. The summed E-state index contributed by atoms with van der Waals surface area (Å²) in [5, 5.41) is 6.23. The molecule has 1 atom stereocenters. The number of carbonyl (C=O) groups excluding carboxylic acids is 2. The topological polar surface area (TPSA) is 84.0 Å². The lowest BCUT2D eigenvalue weighted by Crippen LogP contribution is -2.35. The number of hydrogen-bond acceptors (Lipinski definition) is 5. The van der Waals surface area contributed by atoms with Gasteiger partial charge in [0, 0.05) is 17.4 Å². The third-order valence-corrected chi connectivity index (χ3v) is 5.40. The first-order valence-corrected chi connectivity index (χ1v) is 8.75. The van der Waals surface area contributed by atoms with Gasteiger partial charge in [0.15, 0.2) is 6.29 Å². The van der Waals surface area contributed by atoms with E-state index >= 15 is 0 Å². The molecule has 6 nitrogen and oxygen atoms in total. The Hall–Kier alpha value is -3.54. The molecule has 1 aromatic heterocycles.